The maximum absolute atomic E-state index is 12.1. The predicted octanol–water partition coefficient (Wildman–Crippen LogP) is 1.75. The van der Waals surface area contributed by atoms with Gasteiger partial charge >= 0.3 is 11.6 Å². The van der Waals surface area contributed by atoms with E-state index in [0.29, 0.717) is 17.3 Å². The Bertz CT molecular complexity index is 993. The van der Waals surface area contributed by atoms with Crippen LogP contribution in [0.3, 0.4) is 0 Å². The van der Waals surface area contributed by atoms with Gasteiger partial charge in [-0.15, -0.1) is 10.2 Å². The van der Waals surface area contributed by atoms with Crippen LogP contribution in [0, 0.1) is 0 Å². The molecule has 8 nitrogen and oxygen atoms in total. The second-order valence-electron chi connectivity index (χ2n) is 5.10. The van der Waals surface area contributed by atoms with Crippen LogP contribution in [0.15, 0.2) is 63.5 Å². The molecule has 124 valence electrons. The first kappa shape index (κ1) is 14.9. The smallest absolute Gasteiger partial charge is 0.327 e. The Balaban J connectivity index is 1.76. The molecule has 2 aromatic heterocycles. The fourth-order valence-corrected chi connectivity index (χ4v) is 2.34. The van der Waals surface area contributed by atoms with Gasteiger partial charge in [-0.25, -0.2) is 0 Å². The SMILES string of the molecule is COc1ccc(-[n+]2noc([O-])c2-c2nnc(-c3ccccc3)o2)cc1. The summed E-state index contributed by atoms with van der Waals surface area (Å²) in [6, 6.07) is 16.2. The molecule has 0 radical (unpaired) electrons. The van der Waals surface area contributed by atoms with E-state index in [2.05, 4.69) is 15.5 Å². The Hall–Kier alpha value is -3.68. The zero-order chi connectivity index (χ0) is 17.2. The van der Waals surface area contributed by atoms with Crippen molar-refractivity contribution in [2.75, 3.05) is 7.11 Å². The Labute approximate surface area is 141 Å². The van der Waals surface area contributed by atoms with Crippen LogP contribution >= 0.6 is 0 Å². The van der Waals surface area contributed by atoms with Crippen molar-refractivity contribution in [2.45, 2.75) is 0 Å². The van der Waals surface area contributed by atoms with Gasteiger partial charge in [0.1, 0.15) is 5.75 Å². The summed E-state index contributed by atoms with van der Waals surface area (Å²) in [4.78, 5) is 0. The number of benzene rings is 2. The molecule has 25 heavy (non-hydrogen) atoms. The van der Waals surface area contributed by atoms with Gasteiger partial charge in [0.25, 0.3) is 0 Å². The van der Waals surface area contributed by atoms with Gasteiger partial charge in [0.05, 0.1) is 12.4 Å². The number of nitrogens with zero attached hydrogens (tertiary/aromatic N) is 4. The third-order valence-electron chi connectivity index (χ3n) is 3.58. The number of hydrogen-bond donors (Lipinski definition) is 0. The van der Waals surface area contributed by atoms with E-state index in [1.54, 1.807) is 31.4 Å². The highest BCUT2D eigenvalue weighted by Crippen LogP contribution is 2.26. The Morgan fingerprint density at radius 1 is 0.960 bits per heavy atom. The molecule has 2 aromatic carbocycles. The van der Waals surface area contributed by atoms with E-state index in [0.717, 1.165) is 5.56 Å². The van der Waals surface area contributed by atoms with E-state index in [4.69, 9.17) is 13.7 Å². The fourth-order valence-electron chi connectivity index (χ4n) is 2.34. The van der Waals surface area contributed by atoms with Gasteiger partial charge in [0, 0.05) is 17.7 Å². The molecule has 0 saturated heterocycles. The van der Waals surface area contributed by atoms with Crippen molar-refractivity contribution < 1.29 is 23.5 Å². The summed E-state index contributed by atoms with van der Waals surface area (Å²) in [6.07, 6.45) is 0. The summed E-state index contributed by atoms with van der Waals surface area (Å²) < 4.78 is 16.8. The minimum Gasteiger partial charge on any atom is -0.538 e. The molecule has 0 amide bonds. The number of rotatable bonds is 4. The van der Waals surface area contributed by atoms with Crippen molar-refractivity contribution in [1.29, 1.82) is 0 Å². The lowest BCUT2D eigenvalue weighted by atomic mass is 10.2. The number of aromatic nitrogens is 4. The lowest BCUT2D eigenvalue weighted by Crippen LogP contribution is -2.34. The van der Waals surface area contributed by atoms with Crippen LogP contribution in [-0.4, -0.2) is 22.6 Å². The highest BCUT2D eigenvalue weighted by molar-refractivity contribution is 5.56. The number of hydrogen-bond acceptors (Lipinski definition) is 7. The molecule has 4 rings (SSSR count). The van der Waals surface area contributed by atoms with Gasteiger partial charge in [-0.1, -0.05) is 18.2 Å². The monoisotopic (exact) mass is 336 g/mol. The molecule has 8 heteroatoms. The molecule has 4 aromatic rings. The topological polar surface area (TPSA) is 101 Å². The van der Waals surface area contributed by atoms with Crippen molar-refractivity contribution in [1.82, 2.24) is 15.5 Å². The molecule has 0 atom stereocenters. The second-order valence-corrected chi connectivity index (χ2v) is 5.10. The van der Waals surface area contributed by atoms with Crippen molar-refractivity contribution >= 4 is 0 Å². The molecule has 0 unspecified atom stereocenters. The van der Waals surface area contributed by atoms with Gasteiger partial charge in [-0.3, -0.25) is 0 Å². The Kier molecular flexibility index (Phi) is 3.62. The molecule has 0 aliphatic carbocycles. The van der Waals surface area contributed by atoms with Crippen LogP contribution < -0.4 is 14.5 Å². The van der Waals surface area contributed by atoms with Gasteiger partial charge in [-0.2, -0.15) is 0 Å². The third kappa shape index (κ3) is 2.69. The van der Waals surface area contributed by atoms with Crippen LogP contribution in [0.2, 0.25) is 0 Å². The lowest BCUT2D eigenvalue weighted by Gasteiger charge is -1.98. The summed E-state index contributed by atoms with van der Waals surface area (Å²) >= 11 is 0. The quantitative estimate of drug-likeness (QED) is 0.523. The van der Waals surface area contributed by atoms with Gasteiger partial charge in [0.15, 0.2) is 5.95 Å². The minimum atomic E-state index is -0.668. The zero-order valence-corrected chi connectivity index (χ0v) is 13.1. The molecule has 2 heterocycles. The molecule has 0 spiro atoms. The summed E-state index contributed by atoms with van der Waals surface area (Å²) in [6.45, 7) is 0. The molecule has 0 N–H and O–H groups in total. The number of ether oxygens (including phenoxy) is 1. The standard InChI is InChI=1S/C17H12N4O4/c1-23-13-9-7-12(8-10-13)21-14(17(22)25-20-21)16-19-18-15(24-16)11-5-3-2-4-6-11/h2-10H,1H3. The first-order chi connectivity index (χ1) is 12.3. The second kappa shape index (κ2) is 6.08. The van der Waals surface area contributed by atoms with E-state index < -0.39 is 5.95 Å². The zero-order valence-electron chi connectivity index (χ0n) is 13.1. The van der Waals surface area contributed by atoms with Crippen molar-refractivity contribution in [3.05, 3.63) is 54.6 Å². The third-order valence-corrected chi connectivity index (χ3v) is 3.58. The average Bonchev–Trinajstić information content (AvgIpc) is 3.29. The van der Waals surface area contributed by atoms with E-state index in [1.807, 2.05) is 30.3 Å². The van der Waals surface area contributed by atoms with Gasteiger partial charge in [0.2, 0.25) is 11.6 Å². The van der Waals surface area contributed by atoms with Crippen LogP contribution in [0.1, 0.15) is 0 Å². The van der Waals surface area contributed by atoms with E-state index in [1.165, 1.54) is 4.68 Å². The first-order valence-electron chi connectivity index (χ1n) is 7.39. The maximum Gasteiger partial charge on any atom is 0.327 e. The number of methoxy groups -OCH3 is 1. The highest BCUT2D eigenvalue weighted by atomic mass is 16.6. The first-order valence-corrected chi connectivity index (χ1v) is 7.39. The molecule has 0 fully saturated rings. The normalized spacial score (nSPS) is 10.8. The maximum atomic E-state index is 12.1. The predicted molar refractivity (Wildman–Crippen MR) is 82.8 cm³/mol. The van der Waals surface area contributed by atoms with Crippen LogP contribution in [-0.2, 0) is 0 Å². The molecule has 0 aliphatic rings. The molecule has 0 bridgehead atoms. The van der Waals surface area contributed by atoms with Gasteiger partial charge in [-0.05, 0) is 28.9 Å². The summed E-state index contributed by atoms with van der Waals surface area (Å²) in [5.41, 5.74) is 1.40. The van der Waals surface area contributed by atoms with Gasteiger partial charge < -0.3 is 18.8 Å². The van der Waals surface area contributed by atoms with Crippen molar-refractivity contribution in [3.8, 4) is 40.4 Å². The van der Waals surface area contributed by atoms with Crippen LogP contribution in [0.4, 0.5) is 0 Å². The van der Waals surface area contributed by atoms with E-state index >= 15 is 0 Å². The van der Waals surface area contributed by atoms with Crippen molar-refractivity contribution in [3.63, 3.8) is 0 Å². The summed E-state index contributed by atoms with van der Waals surface area (Å²) in [5, 5.41) is 23.8. The average molecular weight is 336 g/mol. The lowest BCUT2D eigenvalue weighted by molar-refractivity contribution is -0.660. The summed E-state index contributed by atoms with van der Waals surface area (Å²) in [5.74, 6) is 0.346. The fraction of sp³-hybridized carbons (Fsp3) is 0.0588. The van der Waals surface area contributed by atoms with Crippen LogP contribution in [0.25, 0.3) is 28.7 Å². The van der Waals surface area contributed by atoms with Crippen LogP contribution in [0.5, 0.6) is 11.7 Å². The highest BCUT2D eigenvalue weighted by Gasteiger charge is 2.28. The molecule has 0 saturated carbocycles. The van der Waals surface area contributed by atoms with E-state index in [-0.39, 0.29) is 11.6 Å². The summed E-state index contributed by atoms with van der Waals surface area (Å²) in [7, 11) is 1.57. The Morgan fingerprint density at radius 3 is 2.40 bits per heavy atom. The Morgan fingerprint density at radius 2 is 1.68 bits per heavy atom. The van der Waals surface area contributed by atoms with Crippen molar-refractivity contribution in [2.24, 2.45) is 0 Å². The largest absolute Gasteiger partial charge is 0.538 e. The molecular formula is C17H12N4O4. The minimum absolute atomic E-state index is 0.0286. The molecule has 0 aliphatic heterocycles. The van der Waals surface area contributed by atoms with E-state index in [9.17, 15) is 5.11 Å². The molecular weight excluding hydrogens is 324 g/mol.